The molecular weight excluding hydrogens is 250 g/mol. The quantitative estimate of drug-likeness (QED) is 0.854. The van der Waals surface area contributed by atoms with Crippen molar-refractivity contribution in [3.63, 3.8) is 0 Å². The minimum absolute atomic E-state index is 0.133. The number of nitrogens with zero attached hydrogens (tertiary/aromatic N) is 1. The summed E-state index contributed by atoms with van der Waals surface area (Å²) >= 11 is 0. The Morgan fingerprint density at radius 1 is 1.47 bits per heavy atom. The highest BCUT2D eigenvalue weighted by Gasteiger charge is 2.21. The van der Waals surface area contributed by atoms with Crippen LogP contribution in [0.25, 0.3) is 0 Å². The molecule has 2 N–H and O–H groups in total. The van der Waals surface area contributed by atoms with Gasteiger partial charge in [-0.1, -0.05) is 6.07 Å². The first-order valence-corrected chi connectivity index (χ1v) is 6.62. The third-order valence-corrected chi connectivity index (χ3v) is 3.71. The van der Waals surface area contributed by atoms with Gasteiger partial charge in [0.2, 0.25) is 0 Å². The maximum absolute atomic E-state index is 13.5. The molecule has 1 aromatic rings. The maximum Gasteiger partial charge on any atom is 0.131 e. The number of aliphatic hydroxyl groups is 1. The van der Waals surface area contributed by atoms with Gasteiger partial charge >= 0.3 is 0 Å². The van der Waals surface area contributed by atoms with Gasteiger partial charge in [0, 0.05) is 30.8 Å². The molecule has 0 amide bonds. The highest BCUT2D eigenvalue weighted by molar-refractivity contribution is 5.21. The van der Waals surface area contributed by atoms with Crippen LogP contribution in [0.1, 0.15) is 24.5 Å². The standard InChI is InChI=1S/C14H20F2N2O/c1-18-6-2-3-11(18)8-17-9-14(19)12-5-4-10(15)7-13(12)16/h4-5,7,11,14,17,19H,2-3,6,8-9H2,1H3. The lowest BCUT2D eigenvalue weighted by Crippen LogP contribution is -2.37. The molecule has 2 rings (SSSR count). The molecule has 0 aromatic heterocycles. The van der Waals surface area contributed by atoms with E-state index in [9.17, 15) is 13.9 Å². The number of halogens is 2. The first kappa shape index (κ1) is 14.4. The van der Waals surface area contributed by atoms with E-state index in [1.165, 1.54) is 12.5 Å². The van der Waals surface area contributed by atoms with E-state index in [4.69, 9.17) is 0 Å². The number of rotatable bonds is 5. The molecule has 0 bridgehead atoms. The molecule has 0 spiro atoms. The summed E-state index contributed by atoms with van der Waals surface area (Å²) in [6, 6.07) is 3.72. The summed E-state index contributed by atoms with van der Waals surface area (Å²) < 4.78 is 26.2. The van der Waals surface area contributed by atoms with E-state index in [0.717, 1.165) is 31.6 Å². The highest BCUT2D eigenvalue weighted by atomic mass is 19.1. The van der Waals surface area contributed by atoms with E-state index < -0.39 is 17.7 Å². The zero-order chi connectivity index (χ0) is 13.8. The molecule has 3 nitrogen and oxygen atoms in total. The van der Waals surface area contributed by atoms with Crippen molar-refractivity contribution in [3.8, 4) is 0 Å². The SMILES string of the molecule is CN1CCCC1CNCC(O)c1ccc(F)cc1F. The molecule has 2 atom stereocenters. The molecule has 0 saturated carbocycles. The van der Waals surface area contributed by atoms with E-state index in [0.29, 0.717) is 6.04 Å². The van der Waals surface area contributed by atoms with E-state index in [2.05, 4.69) is 17.3 Å². The molecule has 1 saturated heterocycles. The average molecular weight is 270 g/mol. The van der Waals surface area contributed by atoms with Crippen LogP contribution >= 0.6 is 0 Å². The van der Waals surface area contributed by atoms with E-state index in [-0.39, 0.29) is 12.1 Å². The van der Waals surface area contributed by atoms with Crippen LogP contribution in [-0.4, -0.2) is 42.7 Å². The van der Waals surface area contributed by atoms with Gasteiger partial charge in [-0.05, 0) is 32.5 Å². The van der Waals surface area contributed by atoms with Crippen molar-refractivity contribution >= 4 is 0 Å². The zero-order valence-electron chi connectivity index (χ0n) is 11.1. The fourth-order valence-corrected chi connectivity index (χ4v) is 2.51. The topological polar surface area (TPSA) is 35.5 Å². The lowest BCUT2D eigenvalue weighted by atomic mass is 10.1. The Kier molecular flexibility index (Phi) is 4.85. The van der Waals surface area contributed by atoms with E-state index in [1.807, 2.05) is 0 Å². The third kappa shape index (κ3) is 3.72. The van der Waals surface area contributed by atoms with Crippen LogP contribution in [0, 0.1) is 11.6 Å². The van der Waals surface area contributed by atoms with Gasteiger partial charge in [-0.25, -0.2) is 8.78 Å². The smallest absolute Gasteiger partial charge is 0.131 e. The van der Waals surface area contributed by atoms with Gasteiger partial charge in [-0.15, -0.1) is 0 Å². The molecule has 106 valence electrons. The Balaban J connectivity index is 1.82. The number of nitrogens with one attached hydrogen (secondary N) is 1. The lowest BCUT2D eigenvalue weighted by molar-refractivity contribution is 0.166. The molecule has 1 aromatic carbocycles. The van der Waals surface area contributed by atoms with Crippen LogP contribution < -0.4 is 5.32 Å². The molecule has 1 heterocycles. The second-order valence-electron chi connectivity index (χ2n) is 5.12. The number of hydrogen-bond acceptors (Lipinski definition) is 3. The van der Waals surface area contributed by atoms with Gasteiger partial charge in [0.1, 0.15) is 11.6 Å². The monoisotopic (exact) mass is 270 g/mol. The molecular formula is C14H20F2N2O. The normalized spacial score (nSPS) is 21.8. The van der Waals surface area contributed by atoms with Gasteiger partial charge in [-0.2, -0.15) is 0 Å². The van der Waals surface area contributed by atoms with Crippen LogP contribution in [-0.2, 0) is 0 Å². The van der Waals surface area contributed by atoms with Crippen molar-refractivity contribution in [2.45, 2.75) is 25.0 Å². The molecule has 1 aliphatic heterocycles. The second-order valence-corrected chi connectivity index (χ2v) is 5.12. The van der Waals surface area contributed by atoms with Crippen molar-refractivity contribution in [2.24, 2.45) is 0 Å². The number of likely N-dealkylation sites (N-methyl/N-ethyl adjacent to an activating group) is 1. The summed E-state index contributed by atoms with van der Waals surface area (Å²) in [7, 11) is 2.08. The fraction of sp³-hybridized carbons (Fsp3) is 0.571. The maximum atomic E-state index is 13.5. The fourth-order valence-electron chi connectivity index (χ4n) is 2.51. The minimum atomic E-state index is -0.952. The van der Waals surface area contributed by atoms with Gasteiger partial charge in [0.25, 0.3) is 0 Å². The summed E-state index contributed by atoms with van der Waals surface area (Å²) in [4.78, 5) is 2.28. The summed E-state index contributed by atoms with van der Waals surface area (Å²) in [5.74, 6) is -1.33. The Hall–Kier alpha value is -1.04. The Labute approximate surface area is 112 Å². The summed E-state index contributed by atoms with van der Waals surface area (Å²) in [6.07, 6.45) is 1.38. The Morgan fingerprint density at radius 2 is 2.26 bits per heavy atom. The zero-order valence-corrected chi connectivity index (χ0v) is 11.1. The molecule has 19 heavy (non-hydrogen) atoms. The second kappa shape index (κ2) is 6.41. The largest absolute Gasteiger partial charge is 0.387 e. The number of likely N-dealkylation sites (tertiary alicyclic amines) is 1. The molecule has 1 fully saturated rings. The van der Waals surface area contributed by atoms with Crippen molar-refractivity contribution in [2.75, 3.05) is 26.7 Å². The van der Waals surface area contributed by atoms with Crippen LogP contribution in [0.15, 0.2) is 18.2 Å². The molecule has 0 radical (unpaired) electrons. The minimum Gasteiger partial charge on any atom is -0.387 e. The molecule has 2 unspecified atom stereocenters. The predicted octanol–water partition coefficient (Wildman–Crippen LogP) is 1.68. The lowest BCUT2D eigenvalue weighted by Gasteiger charge is -2.21. The van der Waals surface area contributed by atoms with Crippen LogP contribution in [0.2, 0.25) is 0 Å². The summed E-state index contributed by atoms with van der Waals surface area (Å²) in [6.45, 7) is 2.14. The van der Waals surface area contributed by atoms with Gasteiger partial charge in [0.05, 0.1) is 6.10 Å². The first-order chi connectivity index (χ1) is 9.08. The molecule has 5 heteroatoms. The summed E-state index contributed by atoms with van der Waals surface area (Å²) in [5, 5.41) is 13.0. The highest BCUT2D eigenvalue weighted by Crippen LogP contribution is 2.18. The third-order valence-electron chi connectivity index (χ3n) is 3.71. The number of hydrogen-bond donors (Lipinski definition) is 2. The van der Waals surface area contributed by atoms with Crippen LogP contribution in [0.4, 0.5) is 8.78 Å². The van der Waals surface area contributed by atoms with E-state index >= 15 is 0 Å². The Bertz CT molecular complexity index is 428. The van der Waals surface area contributed by atoms with E-state index in [1.54, 1.807) is 0 Å². The van der Waals surface area contributed by atoms with Gasteiger partial charge < -0.3 is 15.3 Å². The Morgan fingerprint density at radius 3 is 2.89 bits per heavy atom. The van der Waals surface area contributed by atoms with Crippen molar-refractivity contribution in [1.29, 1.82) is 0 Å². The summed E-state index contributed by atoms with van der Waals surface area (Å²) in [5.41, 5.74) is 0.133. The van der Waals surface area contributed by atoms with Gasteiger partial charge in [0.15, 0.2) is 0 Å². The molecule has 0 aliphatic carbocycles. The van der Waals surface area contributed by atoms with Gasteiger partial charge in [-0.3, -0.25) is 0 Å². The van der Waals surface area contributed by atoms with Crippen LogP contribution in [0.5, 0.6) is 0 Å². The van der Waals surface area contributed by atoms with Crippen molar-refractivity contribution in [1.82, 2.24) is 10.2 Å². The van der Waals surface area contributed by atoms with Crippen molar-refractivity contribution in [3.05, 3.63) is 35.4 Å². The predicted molar refractivity (Wildman–Crippen MR) is 69.8 cm³/mol. The van der Waals surface area contributed by atoms with Crippen molar-refractivity contribution < 1.29 is 13.9 Å². The number of aliphatic hydroxyl groups excluding tert-OH is 1. The first-order valence-electron chi connectivity index (χ1n) is 6.62. The number of benzene rings is 1. The average Bonchev–Trinajstić information content (AvgIpc) is 2.75. The van der Waals surface area contributed by atoms with Crippen LogP contribution in [0.3, 0.4) is 0 Å². The molecule has 1 aliphatic rings.